The van der Waals surface area contributed by atoms with Gasteiger partial charge in [0.15, 0.2) is 0 Å². The third-order valence-electron chi connectivity index (χ3n) is 6.97. The summed E-state index contributed by atoms with van der Waals surface area (Å²) in [7, 11) is 1.54. The normalized spacial score (nSPS) is 14.4. The van der Waals surface area contributed by atoms with Gasteiger partial charge >= 0.3 is 5.97 Å². The maximum atomic E-state index is 12.1. The highest BCUT2D eigenvalue weighted by Crippen LogP contribution is 2.39. The van der Waals surface area contributed by atoms with E-state index in [9.17, 15) is 14.3 Å². The highest BCUT2D eigenvalue weighted by molar-refractivity contribution is 7.45. The average Bonchev–Trinajstić information content (AvgIpc) is 2.83. The Hall–Kier alpha value is -0.460. The van der Waals surface area contributed by atoms with E-state index in [4.69, 9.17) is 13.8 Å². The largest absolute Gasteiger partial charge is 0.756 e. The molecule has 0 radical (unpaired) electrons. The lowest BCUT2D eigenvalue weighted by Crippen LogP contribution is -2.37. The number of rotatable bonds is 28. The Kier molecular flexibility index (Phi) is 24.1. The molecule has 0 aliphatic rings. The lowest BCUT2D eigenvalue weighted by atomic mass is 10.0. The molecule has 7 nitrogen and oxygen atoms in total. The third kappa shape index (κ3) is 28.5. The molecule has 0 aromatic rings. The SMILES string of the molecule is CCCCCCCCCCCCCCCCCCCCC(COC(C)=O)COP(=O)([O-])OCC[N+](C)(C)C. The number of carbonyl (C=O) groups excluding carboxylic acids is 1. The van der Waals surface area contributed by atoms with Crippen LogP contribution in [0.1, 0.15) is 136 Å². The lowest BCUT2D eigenvalue weighted by Gasteiger charge is -2.28. The number of ether oxygens (including phenoxy) is 1. The van der Waals surface area contributed by atoms with Crippen LogP contribution in [-0.4, -0.2) is 58.0 Å². The van der Waals surface area contributed by atoms with Crippen LogP contribution in [0.3, 0.4) is 0 Å². The van der Waals surface area contributed by atoms with Crippen molar-refractivity contribution >= 4 is 13.8 Å². The summed E-state index contributed by atoms with van der Waals surface area (Å²) in [4.78, 5) is 23.3. The van der Waals surface area contributed by atoms with Gasteiger partial charge in [-0.25, -0.2) is 0 Å². The summed E-state index contributed by atoms with van der Waals surface area (Å²) in [5.74, 6) is -0.512. The van der Waals surface area contributed by atoms with Crippen molar-refractivity contribution in [2.45, 2.75) is 136 Å². The number of carbonyl (C=O) groups is 1. The van der Waals surface area contributed by atoms with Crippen LogP contribution in [0.15, 0.2) is 0 Å². The van der Waals surface area contributed by atoms with E-state index in [0.29, 0.717) is 11.0 Å². The molecule has 0 amide bonds. The van der Waals surface area contributed by atoms with Crippen LogP contribution in [0.25, 0.3) is 0 Å². The first kappa shape index (κ1) is 37.5. The van der Waals surface area contributed by atoms with Gasteiger partial charge in [0.1, 0.15) is 13.2 Å². The molecule has 0 bridgehead atoms. The van der Waals surface area contributed by atoms with Gasteiger partial charge in [0, 0.05) is 12.8 Å². The Bertz CT molecular complexity index is 596. The van der Waals surface area contributed by atoms with E-state index < -0.39 is 7.82 Å². The molecule has 38 heavy (non-hydrogen) atoms. The second-order valence-electron chi connectivity index (χ2n) is 12.1. The number of hydrogen-bond donors (Lipinski definition) is 0. The molecule has 0 saturated carbocycles. The average molecular weight is 564 g/mol. The van der Waals surface area contributed by atoms with Gasteiger partial charge in [-0.05, 0) is 6.42 Å². The Morgan fingerprint density at radius 2 is 1.13 bits per heavy atom. The van der Waals surface area contributed by atoms with Crippen LogP contribution < -0.4 is 4.89 Å². The fourth-order valence-corrected chi connectivity index (χ4v) is 5.22. The van der Waals surface area contributed by atoms with Crippen molar-refractivity contribution in [3.05, 3.63) is 0 Å². The van der Waals surface area contributed by atoms with E-state index in [1.165, 1.54) is 110 Å². The topological polar surface area (TPSA) is 84.9 Å². The number of esters is 1. The zero-order valence-electron chi connectivity index (χ0n) is 25.7. The molecule has 228 valence electrons. The predicted octanol–water partition coefficient (Wildman–Crippen LogP) is 7.81. The number of phosphoric acid groups is 1. The summed E-state index contributed by atoms with van der Waals surface area (Å²) in [6.45, 7) is 4.44. The standard InChI is InChI=1S/C30H62NO6P/c1-6-7-8-9-10-11-12-13-14-15-16-17-18-19-20-21-22-23-24-30(27-35-29(2)32)28-37-38(33,34)36-26-25-31(3,4)5/h30H,6-28H2,1-5H3. The van der Waals surface area contributed by atoms with E-state index >= 15 is 0 Å². The van der Waals surface area contributed by atoms with Crippen LogP contribution in [0.5, 0.6) is 0 Å². The molecule has 8 heteroatoms. The van der Waals surface area contributed by atoms with Crippen LogP contribution in [-0.2, 0) is 23.1 Å². The number of hydrogen-bond acceptors (Lipinski definition) is 6. The predicted molar refractivity (Wildman–Crippen MR) is 156 cm³/mol. The maximum absolute atomic E-state index is 12.1. The van der Waals surface area contributed by atoms with E-state index in [2.05, 4.69) is 6.92 Å². The minimum Gasteiger partial charge on any atom is -0.756 e. The lowest BCUT2D eigenvalue weighted by molar-refractivity contribution is -0.870. The first-order valence-electron chi connectivity index (χ1n) is 15.6. The summed E-state index contributed by atoms with van der Waals surface area (Å²) < 4.78 is 27.9. The molecule has 0 aromatic carbocycles. The smallest absolute Gasteiger partial charge is 0.302 e. The van der Waals surface area contributed by atoms with Crippen molar-refractivity contribution < 1.29 is 32.5 Å². The van der Waals surface area contributed by atoms with Gasteiger partial charge in [-0.2, -0.15) is 0 Å². The second-order valence-corrected chi connectivity index (χ2v) is 13.5. The van der Waals surface area contributed by atoms with Crippen molar-refractivity contribution in [2.24, 2.45) is 5.92 Å². The van der Waals surface area contributed by atoms with Crippen LogP contribution in [0.2, 0.25) is 0 Å². The number of unbranched alkanes of at least 4 members (excludes halogenated alkanes) is 17. The quantitative estimate of drug-likeness (QED) is 0.0418. The second kappa shape index (κ2) is 24.3. The van der Waals surface area contributed by atoms with Gasteiger partial charge in [0.05, 0.1) is 34.4 Å². The number of quaternary nitrogens is 1. The molecule has 0 fully saturated rings. The van der Waals surface area contributed by atoms with E-state index in [1.54, 1.807) is 0 Å². The Balaban J connectivity index is 3.79. The molecule has 2 atom stereocenters. The molecule has 0 rings (SSSR count). The molecule has 0 saturated heterocycles. The minimum atomic E-state index is -4.36. The van der Waals surface area contributed by atoms with E-state index in [0.717, 1.165) is 19.3 Å². The van der Waals surface area contributed by atoms with Crippen molar-refractivity contribution in [3.63, 3.8) is 0 Å². The van der Waals surface area contributed by atoms with Gasteiger partial charge < -0.3 is 23.2 Å². The molecule has 0 N–H and O–H groups in total. The van der Waals surface area contributed by atoms with Gasteiger partial charge in [-0.3, -0.25) is 9.36 Å². The molecular weight excluding hydrogens is 501 g/mol. The first-order chi connectivity index (χ1) is 18.1. The molecule has 0 aromatic heterocycles. The molecular formula is C30H62NO6P. The zero-order chi connectivity index (χ0) is 28.5. The molecule has 0 heterocycles. The molecule has 0 spiro atoms. The highest BCUT2D eigenvalue weighted by Gasteiger charge is 2.18. The zero-order valence-corrected chi connectivity index (χ0v) is 26.6. The van der Waals surface area contributed by atoms with Gasteiger partial charge in [0.2, 0.25) is 0 Å². The van der Waals surface area contributed by atoms with Crippen LogP contribution in [0.4, 0.5) is 0 Å². The van der Waals surface area contributed by atoms with Crippen molar-refractivity contribution in [3.8, 4) is 0 Å². The highest BCUT2D eigenvalue weighted by atomic mass is 31.2. The minimum absolute atomic E-state index is 0.0165. The summed E-state index contributed by atoms with van der Waals surface area (Å²) in [6.07, 6.45) is 24.7. The summed E-state index contributed by atoms with van der Waals surface area (Å²) in [5, 5.41) is 0. The fourth-order valence-electron chi connectivity index (χ4n) is 4.45. The maximum Gasteiger partial charge on any atom is 0.302 e. The molecule has 0 aliphatic carbocycles. The molecule has 0 aliphatic heterocycles. The first-order valence-corrected chi connectivity index (χ1v) is 17.1. The van der Waals surface area contributed by atoms with E-state index in [-0.39, 0.29) is 31.7 Å². The Labute approximate surface area is 235 Å². The summed E-state index contributed by atoms with van der Waals surface area (Å²) >= 11 is 0. The fraction of sp³-hybridized carbons (Fsp3) is 0.967. The van der Waals surface area contributed by atoms with Crippen LogP contribution in [0, 0.1) is 5.92 Å². The van der Waals surface area contributed by atoms with Crippen LogP contribution >= 0.6 is 7.82 Å². The Morgan fingerprint density at radius 3 is 1.53 bits per heavy atom. The number of nitrogens with zero attached hydrogens (tertiary/aromatic N) is 1. The monoisotopic (exact) mass is 563 g/mol. The van der Waals surface area contributed by atoms with Crippen molar-refractivity contribution in [2.75, 3.05) is 47.5 Å². The van der Waals surface area contributed by atoms with Crippen molar-refractivity contribution in [1.82, 2.24) is 0 Å². The van der Waals surface area contributed by atoms with E-state index in [1.807, 2.05) is 21.1 Å². The summed E-state index contributed by atoms with van der Waals surface area (Å²) in [5.41, 5.74) is 0. The van der Waals surface area contributed by atoms with Gasteiger partial charge in [-0.1, -0.05) is 122 Å². The molecule has 2 unspecified atom stereocenters. The van der Waals surface area contributed by atoms with Gasteiger partial charge in [0.25, 0.3) is 7.82 Å². The summed E-state index contributed by atoms with van der Waals surface area (Å²) in [6, 6.07) is 0. The third-order valence-corrected chi connectivity index (χ3v) is 7.93. The number of likely N-dealkylation sites (N-methyl/N-ethyl adjacent to an activating group) is 1. The number of phosphoric ester groups is 1. The Morgan fingerprint density at radius 1 is 0.711 bits per heavy atom. The van der Waals surface area contributed by atoms with Gasteiger partial charge in [-0.15, -0.1) is 0 Å². The van der Waals surface area contributed by atoms with Crippen molar-refractivity contribution in [1.29, 1.82) is 0 Å².